The molecule has 1 unspecified atom stereocenters. The first-order valence-electron chi connectivity index (χ1n) is 9.11. The van der Waals surface area contributed by atoms with Gasteiger partial charge in [0, 0.05) is 5.56 Å². The molecule has 0 fully saturated rings. The Morgan fingerprint density at radius 2 is 1.86 bits per heavy atom. The van der Waals surface area contributed by atoms with E-state index >= 15 is 0 Å². The minimum atomic E-state index is -0.652. The third-order valence-electron chi connectivity index (χ3n) is 4.23. The maximum absolute atomic E-state index is 12.5. The van der Waals surface area contributed by atoms with E-state index in [2.05, 4.69) is 5.32 Å². The second-order valence-electron chi connectivity index (χ2n) is 6.55. The first kappa shape index (κ1) is 22.4. The number of carbonyl (C=O) groups excluding carboxylic acids is 3. The van der Waals surface area contributed by atoms with Gasteiger partial charge in [0.25, 0.3) is 11.8 Å². The predicted molar refractivity (Wildman–Crippen MR) is 111 cm³/mol. The highest BCUT2D eigenvalue weighted by atomic mass is 32.1. The fourth-order valence-corrected chi connectivity index (χ4v) is 3.95. The van der Waals surface area contributed by atoms with Crippen LogP contribution in [0.1, 0.15) is 38.1 Å². The van der Waals surface area contributed by atoms with E-state index in [1.165, 1.54) is 0 Å². The molecular weight excluding hydrogens is 394 g/mol. The number of benzene rings is 1. The van der Waals surface area contributed by atoms with Crippen molar-refractivity contribution in [1.82, 2.24) is 0 Å². The number of amides is 2. The molecule has 2 rings (SSSR count). The second kappa shape index (κ2) is 10.0. The number of esters is 1. The number of nitrogens with two attached hydrogens (primary N) is 1. The van der Waals surface area contributed by atoms with Crippen molar-refractivity contribution >= 4 is 34.1 Å². The molecule has 0 aliphatic carbocycles. The van der Waals surface area contributed by atoms with Crippen molar-refractivity contribution in [2.45, 2.75) is 20.4 Å². The fraction of sp³-hybridized carbons (Fsp3) is 0.350. The molecule has 0 saturated carbocycles. The minimum absolute atomic E-state index is 0.173. The highest BCUT2D eigenvalue weighted by molar-refractivity contribution is 7.18. The molecule has 0 bridgehead atoms. The highest BCUT2D eigenvalue weighted by Gasteiger charge is 2.26. The van der Waals surface area contributed by atoms with Crippen LogP contribution in [-0.4, -0.2) is 45.1 Å². The van der Waals surface area contributed by atoms with Crippen LogP contribution in [0.5, 0.6) is 5.75 Å². The summed E-state index contributed by atoms with van der Waals surface area (Å²) in [5.74, 6) is -0.753. The van der Waals surface area contributed by atoms with Crippen molar-refractivity contribution in [2.75, 3.05) is 32.6 Å². The van der Waals surface area contributed by atoms with Crippen LogP contribution in [0.15, 0.2) is 24.3 Å². The Labute approximate surface area is 173 Å². The number of primary amides is 1. The summed E-state index contributed by atoms with van der Waals surface area (Å²) in [4.78, 5) is 37.6. The molecule has 0 saturated heterocycles. The number of thiophene rings is 1. The van der Waals surface area contributed by atoms with Crippen LogP contribution in [-0.2, 0) is 16.1 Å². The van der Waals surface area contributed by atoms with Crippen molar-refractivity contribution in [3.8, 4) is 5.75 Å². The van der Waals surface area contributed by atoms with E-state index in [1.807, 2.05) is 31.3 Å². The third kappa shape index (κ3) is 5.78. The zero-order valence-corrected chi connectivity index (χ0v) is 17.8. The second-order valence-corrected chi connectivity index (χ2v) is 7.57. The number of likely N-dealkylation sites (N-methyl/N-ethyl adjacent to an activating group) is 1. The highest BCUT2D eigenvalue weighted by Crippen LogP contribution is 2.33. The van der Waals surface area contributed by atoms with E-state index in [0.717, 1.165) is 27.5 Å². The van der Waals surface area contributed by atoms with Crippen LogP contribution in [0, 0.1) is 6.92 Å². The maximum atomic E-state index is 12.5. The van der Waals surface area contributed by atoms with Gasteiger partial charge in [-0.2, -0.15) is 0 Å². The molecule has 9 heteroatoms. The van der Waals surface area contributed by atoms with Gasteiger partial charge in [0.2, 0.25) is 0 Å². The number of rotatable bonds is 9. The molecule has 0 radical (unpaired) electrons. The lowest BCUT2D eigenvalue weighted by Crippen LogP contribution is -3.08. The van der Waals surface area contributed by atoms with Gasteiger partial charge in [-0.25, -0.2) is 4.79 Å². The molecule has 4 N–H and O–H groups in total. The SMILES string of the molecule is CCOC(=O)c1c(NC(=O)C[NH+](C)Cc2ccc(OC)cc2)sc(C(N)=O)c1C. The number of methoxy groups -OCH3 is 1. The molecule has 1 aromatic carbocycles. The molecule has 2 amide bonds. The van der Waals surface area contributed by atoms with Gasteiger partial charge in [0.1, 0.15) is 17.3 Å². The molecular formula is C20H26N3O5S+. The molecule has 1 aromatic heterocycles. The zero-order chi connectivity index (χ0) is 21.6. The van der Waals surface area contributed by atoms with Crippen molar-refractivity contribution in [3.63, 3.8) is 0 Å². The van der Waals surface area contributed by atoms with Crippen LogP contribution in [0.2, 0.25) is 0 Å². The first-order valence-corrected chi connectivity index (χ1v) is 9.92. The molecule has 0 spiro atoms. The molecule has 0 aliphatic heterocycles. The van der Waals surface area contributed by atoms with E-state index in [4.69, 9.17) is 15.2 Å². The van der Waals surface area contributed by atoms with Crippen LogP contribution in [0.4, 0.5) is 5.00 Å². The lowest BCUT2D eigenvalue weighted by Gasteiger charge is -2.14. The number of ether oxygens (including phenoxy) is 2. The molecule has 29 heavy (non-hydrogen) atoms. The van der Waals surface area contributed by atoms with Crippen molar-refractivity contribution in [2.24, 2.45) is 5.73 Å². The van der Waals surface area contributed by atoms with E-state index in [9.17, 15) is 14.4 Å². The number of hydrogen-bond donors (Lipinski definition) is 3. The van der Waals surface area contributed by atoms with Gasteiger partial charge < -0.3 is 25.4 Å². The first-order chi connectivity index (χ1) is 13.8. The maximum Gasteiger partial charge on any atom is 0.341 e. The number of anilines is 1. The van der Waals surface area contributed by atoms with E-state index in [0.29, 0.717) is 12.1 Å². The average molecular weight is 421 g/mol. The van der Waals surface area contributed by atoms with Crippen LogP contribution in [0.25, 0.3) is 0 Å². The normalized spacial score (nSPS) is 11.6. The van der Waals surface area contributed by atoms with Crippen molar-refractivity contribution in [3.05, 3.63) is 45.8 Å². The molecule has 156 valence electrons. The Hall–Kier alpha value is -2.91. The zero-order valence-electron chi connectivity index (χ0n) is 17.0. The number of nitrogens with one attached hydrogen (secondary N) is 2. The fourth-order valence-electron chi connectivity index (χ4n) is 2.88. The quantitative estimate of drug-likeness (QED) is 0.524. The lowest BCUT2D eigenvalue weighted by atomic mass is 10.1. The van der Waals surface area contributed by atoms with Gasteiger partial charge in [-0.3, -0.25) is 9.59 Å². The van der Waals surface area contributed by atoms with E-state index in [1.54, 1.807) is 21.0 Å². The topological polar surface area (TPSA) is 112 Å². The molecule has 2 aromatic rings. The predicted octanol–water partition coefficient (Wildman–Crippen LogP) is 0.994. The third-order valence-corrected chi connectivity index (χ3v) is 5.45. The standard InChI is InChI=1S/C20H25N3O5S/c1-5-28-20(26)16-12(2)17(18(21)25)29-19(16)22-15(24)11-23(3)10-13-6-8-14(27-4)9-7-13/h6-9H,5,10-11H2,1-4H3,(H2,21,25)(H,22,24)/p+1. The van der Waals surface area contributed by atoms with E-state index < -0.39 is 11.9 Å². The van der Waals surface area contributed by atoms with Crippen LogP contribution in [0.3, 0.4) is 0 Å². The van der Waals surface area contributed by atoms with Crippen LogP contribution >= 0.6 is 11.3 Å². The molecule has 0 aliphatic rings. The van der Waals surface area contributed by atoms with E-state index in [-0.39, 0.29) is 34.5 Å². The summed E-state index contributed by atoms with van der Waals surface area (Å²) in [7, 11) is 3.50. The number of hydrogen-bond acceptors (Lipinski definition) is 6. The number of quaternary nitrogens is 1. The molecule has 1 atom stereocenters. The largest absolute Gasteiger partial charge is 0.497 e. The molecule has 8 nitrogen and oxygen atoms in total. The summed E-state index contributed by atoms with van der Waals surface area (Å²) in [6, 6.07) is 7.63. The number of carbonyl (C=O) groups is 3. The lowest BCUT2D eigenvalue weighted by molar-refractivity contribution is -0.885. The summed E-state index contributed by atoms with van der Waals surface area (Å²) in [5, 5.41) is 3.01. The summed E-state index contributed by atoms with van der Waals surface area (Å²) in [6.45, 7) is 4.29. The molecule has 1 heterocycles. The van der Waals surface area contributed by atoms with Crippen molar-refractivity contribution < 1.29 is 28.8 Å². The van der Waals surface area contributed by atoms with Crippen LogP contribution < -0.4 is 20.7 Å². The average Bonchev–Trinajstić information content (AvgIpc) is 2.98. The Morgan fingerprint density at radius 1 is 1.21 bits per heavy atom. The van der Waals surface area contributed by atoms with Gasteiger partial charge in [-0.05, 0) is 43.7 Å². The van der Waals surface area contributed by atoms with Gasteiger partial charge in [-0.15, -0.1) is 11.3 Å². The summed E-state index contributed by atoms with van der Waals surface area (Å²) in [5.41, 5.74) is 7.03. The monoisotopic (exact) mass is 420 g/mol. The Morgan fingerprint density at radius 3 is 2.41 bits per heavy atom. The Bertz CT molecular complexity index is 892. The smallest absolute Gasteiger partial charge is 0.341 e. The summed E-state index contributed by atoms with van der Waals surface area (Å²) in [6.07, 6.45) is 0. The van der Waals surface area contributed by atoms with Gasteiger partial charge in [0.15, 0.2) is 6.54 Å². The van der Waals surface area contributed by atoms with Gasteiger partial charge in [-0.1, -0.05) is 0 Å². The Kier molecular flexibility index (Phi) is 7.74. The summed E-state index contributed by atoms with van der Waals surface area (Å²) < 4.78 is 10.2. The van der Waals surface area contributed by atoms with Crippen molar-refractivity contribution in [1.29, 1.82) is 0 Å². The van der Waals surface area contributed by atoms with Gasteiger partial charge >= 0.3 is 5.97 Å². The van der Waals surface area contributed by atoms with Gasteiger partial charge in [0.05, 0.1) is 31.2 Å². The summed E-state index contributed by atoms with van der Waals surface area (Å²) >= 11 is 0.981. The Balaban J connectivity index is 2.09. The minimum Gasteiger partial charge on any atom is -0.497 e.